The third kappa shape index (κ3) is 3.57. The second kappa shape index (κ2) is 6.84. The van der Waals surface area contributed by atoms with Crippen LogP contribution in [0.1, 0.15) is 31.2 Å². The number of nitrogens with one attached hydrogen (secondary N) is 1. The van der Waals surface area contributed by atoms with Gasteiger partial charge < -0.3 is 10.2 Å². The van der Waals surface area contributed by atoms with E-state index in [1.807, 2.05) is 24.9 Å². The Bertz CT molecular complexity index is 464. The first-order chi connectivity index (χ1) is 9.61. The van der Waals surface area contributed by atoms with Crippen LogP contribution in [0.2, 0.25) is 0 Å². The van der Waals surface area contributed by atoms with Gasteiger partial charge in [0.2, 0.25) is 5.91 Å². The van der Waals surface area contributed by atoms with Crippen molar-refractivity contribution < 1.29 is 9.18 Å². The highest BCUT2D eigenvalue weighted by molar-refractivity contribution is 5.77. The summed E-state index contributed by atoms with van der Waals surface area (Å²) >= 11 is 0. The number of hydrogen-bond acceptors (Lipinski definition) is 2. The van der Waals surface area contributed by atoms with Gasteiger partial charge in [0.05, 0.1) is 0 Å². The molecule has 1 saturated heterocycles. The van der Waals surface area contributed by atoms with Crippen LogP contribution in [0.25, 0.3) is 0 Å². The Morgan fingerprint density at radius 2 is 2.25 bits per heavy atom. The molecule has 1 fully saturated rings. The van der Waals surface area contributed by atoms with Crippen molar-refractivity contribution in [2.24, 2.45) is 5.92 Å². The summed E-state index contributed by atoms with van der Waals surface area (Å²) in [6, 6.07) is 6.71. The van der Waals surface area contributed by atoms with Crippen molar-refractivity contribution in [1.82, 2.24) is 10.2 Å². The Kier molecular flexibility index (Phi) is 5.12. The van der Waals surface area contributed by atoms with Gasteiger partial charge in [-0.1, -0.05) is 25.1 Å². The van der Waals surface area contributed by atoms with Gasteiger partial charge in [-0.3, -0.25) is 4.79 Å². The number of nitrogens with zero attached hydrogens (tertiary/aromatic N) is 1. The largest absolute Gasteiger partial charge is 0.342 e. The van der Waals surface area contributed by atoms with Gasteiger partial charge in [-0.05, 0) is 43.5 Å². The molecule has 110 valence electrons. The van der Waals surface area contributed by atoms with E-state index in [0.29, 0.717) is 17.9 Å². The fraction of sp³-hybridized carbons (Fsp3) is 0.562. The van der Waals surface area contributed by atoms with Gasteiger partial charge in [0, 0.05) is 19.5 Å². The number of hydrogen-bond donors (Lipinski definition) is 1. The van der Waals surface area contributed by atoms with E-state index < -0.39 is 0 Å². The summed E-state index contributed by atoms with van der Waals surface area (Å²) in [4.78, 5) is 14.2. The number of halogens is 1. The first-order valence-corrected chi connectivity index (χ1v) is 7.28. The van der Waals surface area contributed by atoms with E-state index in [2.05, 4.69) is 5.32 Å². The number of likely N-dealkylation sites (tertiary alicyclic amines) is 1. The number of amides is 1. The lowest BCUT2D eigenvalue weighted by Gasteiger charge is -2.19. The van der Waals surface area contributed by atoms with Crippen molar-refractivity contribution in [3.05, 3.63) is 35.6 Å². The number of carbonyl (C=O) groups is 1. The summed E-state index contributed by atoms with van der Waals surface area (Å²) in [5.41, 5.74) is 0.631. The molecular formula is C16H23FN2O. The van der Waals surface area contributed by atoms with E-state index in [0.717, 1.165) is 26.1 Å². The van der Waals surface area contributed by atoms with Crippen molar-refractivity contribution >= 4 is 5.91 Å². The lowest BCUT2D eigenvalue weighted by atomic mass is 9.96. The molecule has 1 aliphatic rings. The normalized spacial score (nSPS) is 20.1. The first kappa shape index (κ1) is 15.0. The summed E-state index contributed by atoms with van der Waals surface area (Å²) in [6.07, 6.45) is 1.44. The maximum Gasteiger partial charge on any atom is 0.223 e. The zero-order valence-corrected chi connectivity index (χ0v) is 12.2. The molecule has 0 bridgehead atoms. The van der Waals surface area contributed by atoms with Gasteiger partial charge in [-0.25, -0.2) is 4.39 Å². The smallest absolute Gasteiger partial charge is 0.223 e. The molecule has 4 heteroatoms. The van der Waals surface area contributed by atoms with Crippen LogP contribution in [-0.4, -0.2) is 37.5 Å². The molecule has 1 heterocycles. The molecule has 1 aliphatic heterocycles. The van der Waals surface area contributed by atoms with E-state index in [9.17, 15) is 9.18 Å². The van der Waals surface area contributed by atoms with Crippen molar-refractivity contribution in [3.8, 4) is 0 Å². The van der Waals surface area contributed by atoms with Crippen LogP contribution in [0.5, 0.6) is 0 Å². The molecule has 1 N–H and O–H groups in total. The van der Waals surface area contributed by atoms with Crippen LogP contribution in [0.3, 0.4) is 0 Å². The third-order valence-electron chi connectivity index (χ3n) is 4.05. The first-order valence-electron chi connectivity index (χ1n) is 7.28. The molecule has 1 aromatic carbocycles. The Hall–Kier alpha value is -1.42. The highest BCUT2D eigenvalue weighted by atomic mass is 19.1. The summed E-state index contributed by atoms with van der Waals surface area (Å²) in [6.45, 7) is 4.52. The number of benzene rings is 1. The molecule has 1 amide bonds. The Balaban J connectivity index is 1.90. The minimum absolute atomic E-state index is 0.0768. The van der Waals surface area contributed by atoms with E-state index in [-0.39, 0.29) is 17.6 Å². The van der Waals surface area contributed by atoms with Crippen LogP contribution in [0.15, 0.2) is 24.3 Å². The Morgan fingerprint density at radius 1 is 1.50 bits per heavy atom. The lowest BCUT2D eigenvalue weighted by molar-refractivity contribution is -0.130. The zero-order chi connectivity index (χ0) is 14.5. The maximum atomic E-state index is 13.7. The molecule has 0 saturated carbocycles. The summed E-state index contributed by atoms with van der Waals surface area (Å²) in [5, 5.41) is 3.16. The number of rotatable bonds is 5. The van der Waals surface area contributed by atoms with Crippen molar-refractivity contribution in [2.75, 3.05) is 26.7 Å². The lowest BCUT2D eigenvalue weighted by Crippen LogP contribution is -2.31. The van der Waals surface area contributed by atoms with E-state index in [1.165, 1.54) is 6.07 Å². The van der Waals surface area contributed by atoms with Crippen LogP contribution >= 0.6 is 0 Å². The summed E-state index contributed by atoms with van der Waals surface area (Å²) < 4.78 is 13.7. The van der Waals surface area contributed by atoms with Crippen LogP contribution in [-0.2, 0) is 4.79 Å². The van der Waals surface area contributed by atoms with Gasteiger partial charge in [-0.15, -0.1) is 0 Å². The highest BCUT2D eigenvalue weighted by Gasteiger charge is 2.27. The average molecular weight is 278 g/mol. The zero-order valence-electron chi connectivity index (χ0n) is 12.2. The van der Waals surface area contributed by atoms with Gasteiger partial charge in [0.1, 0.15) is 5.82 Å². The molecule has 3 nitrogen and oxygen atoms in total. The molecule has 2 rings (SSSR count). The van der Waals surface area contributed by atoms with Gasteiger partial charge in [0.25, 0.3) is 0 Å². The van der Waals surface area contributed by atoms with E-state index in [1.54, 1.807) is 12.1 Å². The standard InChI is InChI=1S/C16H23FN2O/c1-12(14-5-3-4-6-15(14)17)9-16(20)19-8-7-13(11-19)10-18-2/h3-6,12-13,18H,7-11H2,1-2H3/t12-,13+/m1/s1. The van der Waals surface area contributed by atoms with Gasteiger partial charge in [-0.2, -0.15) is 0 Å². The molecule has 0 radical (unpaired) electrons. The maximum absolute atomic E-state index is 13.7. The molecule has 0 unspecified atom stereocenters. The van der Waals surface area contributed by atoms with Gasteiger partial charge in [0.15, 0.2) is 0 Å². The quantitative estimate of drug-likeness (QED) is 0.897. The third-order valence-corrected chi connectivity index (χ3v) is 4.05. The average Bonchev–Trinajstić information content (AvgIpc) is 2.88. The minimum Gasteiger partial charge on any atom is -0.342 e. The fourth-order valence-corrected chi connectivity index (χ4v) is 2.89. The minimum atomic E-state index is -0.220. The second-order valence-electron chi connectivity index (χ2n) is 5.68. The second-order valence-corrected chi connectivity index (χ2v) is 5.68. The molecular weight excluding hydrogens is 255 g/mol. The van der Waals surface area contributed by atoms with E-state index in [4.69, 9.17) is 0 Å². The van der Waals surface area contributed by atoms with Crippen molar-refractivity contribution in [2.45, 2.75) is 25.7 Å². The highest BCUT2D eigenvalue weighted by Crippen LogP contribution is 2.24. The SMILES string of the molecule is CNC[C@@H]1CCN(C(=O)C[C@@H](C)c2ccccc2F)C1. The van der Waals surface area contributed by atoms with Gasteiger partial charge >= 0.3 is 0 Å². The fourth-order valence-electron chi connectivity index (χ4n) is 2.89. The van der Waals surface area contributed by atoms with E-state index >= 15 is 0 Å². The molecule has 0 aliphatic carbocycles. The topological polar surface area (TPSA) is 32.3 Å². The Morgan fingerprint density at radius 3 is 2.95 bits per heavy atom. The predicted octanol–water partition coefficient (Wildman–Crippen LogP) is 2.39. The van der Waals surface area contributed by atoms with Crippen LogP contribution in [0, 0.1) is 11.7 Å². The molecule has 2 atom stereocenters. The predicted molar refractivity (Wildman–Crippen MR) is 78.0 cm³/mol. The van der Waals surface area contributed by atoms with Crippen LogP contribution in [0.4, 0.5) is 4.39 Å². The van der Waals surface area contributed by atoms with Crippen molar-refractivity contribution in [1.29, 1.82) is 0 Å². The van der Waals surface area contributed by atoms with Crippen molar-refractivity contribution in [3.63, 3.8) is 0 Å². The summed E-state index contributed by atoms with van der Waals surface area (Å²) in [5.74, 6) is 0.390. The monoisotopic (exact) mass is 278 g/mol. The van der Waals surface area contributed by atoms with Crippen LogP contribution < -0.4 is 5.32 Å². The number of carbonyl (C=O) groups excluding carboxylic acids is 1. The molecule has 1 aromatic rings. The molecule has 20 heavy (non-hydrogen) atoms. The molecule has 0 aromatic heterocycles. The molecule has 0 spiro atoms. The Labute approximate surface area is 120 Å². The summed E-state index contributed by atoms with van der Waals surface area (Å²) in [7, 11) is 1.94.